The molecule has 7 heteroatoms. The van der Waals surface area contributed by atoms with Gasteiger partial charge in [0.2, 0.25) is 0 Å². The molecule has 1 aromatic heterocycles. The van der Waals surface area contributed by atoms with E-state index in [1.54, 1.807) is 7.05 Å². The second-order valence-electron chi connectivity index (χ2n) is 4.68. The summed E-state index contributed by atoms with van der Waals surface area (Å²) in [6, 6.07) is 5.37. The Hall–Kier alpha value is -1.31. The van der Waals surface area contributed by atoms with Crippen LogP contribution in [0.3, 0.4) is 0 Å². The first-order valence-corrected chi connectivity index (χ1v) is 8.04. The van der Waals surface area contributed by atoms with Crippen molar-refractivity contribution in [1.82, 2.24) is 5.32 Å². The average Bonchev–Trinajstić information content (AvgIpc) is 2.35. The molecule has 1 aromatic rings. The minimum absolute atomic E-state index is 0.0563. The summed E-state index contributed by atoms with van der Waals surface area (Å²) < 4.78 is 32.1. The molecule has 0 aliphatic heterocycles. The maximum Gasteiger partial charge on any atom is 0.265 e. The number of nitrogens with one attached hydrogen (secondary N) is 1. The SMILES string of the molecule is CN[C@@H](Cc1cccc[n+]1CCCS(=O)(=O)O)C(C)=O. The van der Waals surface area contributed by atoms with Crippen molar-refractivity contribution in [1.29, 1.82) is 0 Å². The first-order valence-electron chi connectivity index (χ1n) is 6.43. The van der Waals surface area contributed by atoms with Gasteiger partial charge >= 0.3 is 0 Å². The molecule has 1 rings (SSSR count). The van der Waals surface area contributed by atoms with Gasteiger partial charge < -0.3 is 5.32 Å². The molecule has 6 nitrogen and oxygen atoms in total. The normalized spacial score (nSPS) is 13.2. The minimum Gasteiger partial charge on any atom is -0.310 e. The molecule has 112 valence electrons. The van der Waals surface area contributed by atoms with Crippen LogP contribution in [0.2, 0.25) is 0 Å². The van der Waals surface area contributed by atoms with Crippen LogP contribution in [0.25, 0.3) is 0 Å². The highest BCUT2D eigenvalue weighted by atomic mass is 32.2. The van der Waals surface area contributed by atoms with Gasteiger partial charge in [-0.15, -0.1) is 0 Å². The van der Waals surface area contributed by atoms with Crippen molar-refractivity contribution in [2.75, 3.05) is 12.8 Å². The van der Waals surface area contributed by atoms with Gasteiger partial charge in [0.25, 0.3) is 10.1 Å². The Labute approximate surface area is 119 Å². The zero-order chi connectivity index (χ0) is 15.2. The molecule has 0 radical (unpaired) electrons. The maximum absolute atomic E-state index is 11.5. The van der Waals surface area contributed by atoms with Crippen molar-refractivity contribution < 1.29 is 22.3 Å². The van der Waals surface area contributed by atoms with Crippen LogP contribution in [0.15, 0.2) is 24.4 Å². The van der Waals surface area contributed by atoms with E-state index in [9.17, 15) is 13.2 Å². The molecule has 0 aromatic carbocycles. The Bertz CT molecular complexity index is 557. The summed E-state index contributed by atoms with van der Waals surface area (Å²) in [5, 5.41) is 2.96. The van der Waals surface area contributed by atoms with Crippen molar-refractivity contribution in [3.05, 3.63) is 30.1 Å². The van der Waals surface area contributed by atoms with Gasteiger partial charge in [0, 0.05) is 18.6 Å². The summed E-state index contributed by atoms with van der Waals surface area (Å²) in [6.07, 6.45) is 2.70. The second kappa shape index (κ2) is 7.47. The number of likely N-dealkylation sites (N-methyl/N-ethyl adjacent to an activating group) is 1. The van der Waals surface area contributed by atoms with Gasteiger partial charge in [0.15, 0.2) is 11.9 Å². The van der Waals surface area contributed by atoms with Crippen LogP contribution >= 0.6 is 0 Å². The summed E-state index contributed by atoms with van der Waals surface area (Å²) >= 11 is 0. The first kappa shape index (κ1) is 16.7. The number of ketones is 1. The predicted molar refractivity (Wildman–Crippen MR) is 74.9 cm³/mol. The molecule has 0 fully saturated rings. The molecule has 0 aliphatic rings. The van der Waals surface area contributed by atoms with Crippen LogP contribution < -0.4 is 9.88 Å². The molecular formula is C13H21N2O4S+. The highest BCUT2D eigenvalue weighted by Crippen LogP contribution is 2.00. The van der Waals surface area contributed by atoms with Crippen LogP contribution in [-0.4, -0.2) is 37.6 Å². The van der Waals surface area contributed by atoms with Crippen molar-refractivity contribution in [2.45, 2.75) is 32.4 Å². The lowest BCUT2D eigenvalue weighted by atomic mass is 10.1. The molecular weight excluding hydrogens is 280 g/mol. The van der Waals surface area contributed by atoms with Crippen LogP contribution in [0, 0.1) is 0 Å². The quantitative estimate of drug-likeness (QED) is 0.520. The monoisotopic (exact) mass is 301 g/mol. The van der Waals surface area contributed by atoms with Crippen LogP contribution in [0.4, 0.5) is 0 Å². The molecule has 0 saturated heterocycles. The van der Waals surface area contributed by atoms with Crippen molar-refractivity contribution in [3.63, 3.8) is 0 Å². The topological polar surface area (TPSA) is 87.3 Å². The van der Waals surface area contributed by atoms with Gasteiger partial charge in [0.05, 0.1) is 18.2 Å². The Morgan fingerprint density at radius 2 is 2.15 bits per heavy atom. The summed E-state index contributed by atoms with van der Waals surface area (Å²) in [5.74, 6) is -0.211. The molecule has 0 spiro atoms. The number of rotatable bonds is 8. The molecule has 2 N–H and O–H groups in total. The highest BCUT2D eigenvalue weighted by Gasteiger charge is 2.19. The second-order valence-corrected chi connectivity index (χ2v) is 6.25. The third kappa shape index (κ3) is 5.77. The lowest BCUT2D eigenvalue weighted by molar-refractivity contribution is -0.704. The molecule has 1 atom stereocenters. The highest BCUT2D eigenvalue weighted by molar-refractivity contribution is 7.85. The summed E-state index contributed by atoms with van der Waals surface area (Å²) in [4.78, 5) is 11.5. The molecule has 0 unspecified atom stereocenters. The average molecular weight is 301 g/mol. The van der Waals surface area contributed by atoms with Gasteiger partial charge in [-0.25, -0.2) is 4.57 Å². The van der Waals surface area contributed by atoms with Gasteiger partial charge in [-0.3, -0.25) is 9.35 Å². The lowest BCUT2D eigenvalue weighted by Gasteiger charge is -2.11. The Kier molecular flexibility index (Phi) is 6.25. The number of Topliss-reactive ketones (excluding diaryl/α,β-unsaturated/α-hetero) is 1. The first-order chi connectivity index (χ1) is 9.33. The van der Waals surface area contributed by atoms with E-state index < -0.39 is 10.1 Å². The fraction of sp³-hybridized carbons (Fsp3) is 0.538. The fourth-order valence-corrected chi connectivity index (χ4v) is 2.48. The van der Waals surface area contributed by atoms with Crippen molar-refractivity contribution in [3.8, 4) is 0 Å². The van der Waals surface area contributed by atoms with Gasteiger partial charge in [-0.1, -0.05) is 6.07 Å². The van der Waals surface area contributed by atoms with Gasteiger partial charge in [-0.2, -0.15) is 8.42 Å². The number of nitrogens with zero attached hydrogens (tertiary/aromatic N) is 1. The molecule has 0 saturated carbocycles. The smallest absolute Gasteiger partial charge is 0.265 e. The zero-order valence-corrected chi connectivity index (χ0v) is 12.6. The van der Waals surface area contributed by atoms with Crippen molar-refractivity contribution >= 4 is 15.9 Å². The van der Waals surface area contributed by atoms with E-state index in [0.717, 1.165) is 5.69 Å². The Morgan fingerprint density at radius 3 is 2.70 bits per heavy atom. The van der Waals surface area contributed by atoms with E-state index in [4.69, 9.17) is 4.55 Å². The third-order valence-electron chi connectivity index (χ3n) is 3.09. The van der Waals surface area contributed by atoms with E-state index >= 15 is 0 Å². The van der Waals surface area contributed by atoms with Crippen LogP contribution in [0.1, 0.15) is 19.0 Å². The molecule has 1 heterocycles. The number of carbonyl (C=O) groups is 1. The number of carbonyl (C=O) groups excluding carboxylic acids is 1. The number of pyridine rings is 1. The van der Waals surface area contributed by atoms with Crippen molar-refractivity contribution in [2.24, 2.45) is 0 Å². The van der Waals surface area contributed by atoms with Gasteiger partial charge in [-0.05, 0) is 14.0 Å². The summed E-state index contributed by atoms with van der Waals surface area (Å²) in [5.41, 5.74) is 0.942. The van der Waals surface area contributed by atoms with E-state index in [0.29, 0.717) is 19.4 Å². The number of hydrogen-bond acceptors (Lipinski definition) is 4. The van der Waals surface area contributed by atoms with Gasteiger partial charge in [0.1, 0.15) is 12.3 Å². The zero-order valence-electron chi connectivity index (χ0n) is 11.7. The number of aromatic nitrogens is 1. The Morgan fingerprint density at radius 1 is 1.45 bits per heavy atom. The summed E-state index contributed by atoms with van der Waals surface area (Å²) in [7, 11) is -2.19. The molecule has 0 aliphatic carbocycles. The maximum atomic E-state index is 11.5. The Balaban J connectivity index is 2.75. The minimum atomic E-state index is -3.93. The standard InChI is InChI=1S/C13H20N2O4S/c1-11(16)13(14-2)10-12-6-3-4-7-15(12)8-5-9-20(17,18)19/h3-4,6-7,13-14H,5,8-10H2,1-2H3/p+1/t13-/m0/s1. The largest absolute Gasteiger partial charge is 0.310 e. The molecule has 20 heavy (non-hydrogen) atoms. The fourth-order valence-electron chi connectivity index (χ4n) is 1.99. The van der Waals surface area contributed by atoms with Crippen LogP contribution in [-0.2, 0) is 27.9 Å². The molecule has 0 bridgehead atoms. The van der Waals surface area contributed by atoms with E-state index in [-0.39, 0.29) is 17.6 Å². The number of hydrogen-bond donors (Lipinski definition) is 2. The summed E-state index contributed by atoms with van der Waals surface area (Å²) in [6.45, 7) is 2.01. The van der Waals surface area contributed by atoms with E-state index in [1.165, 1.54) is 6.92 Å². The third-order valence-corrected chi connectivity index (χ3v) is 3.89. The predicted octanol–water partition coefficient (Wildman–Crippen LogP) is -0.0285. The van der Waals surface area contributed by atoms with E-state index in [2.05, 4.69) is 5.32 Å². The van der Waals surface area contributed by atoms with E-state index in [1.807, 2.05) is 29.0 Å². The molecule has 0 amide bonds. The van der Waals surface area contributed by atoms with Crippen LogP contribution in [0.5, 0.6) is 0 Å². The lowest BCUT2D eigenvalue weighted by Crippen LogP contribution is -2.43. The number of aryl methyl sites for hydroxylation is 1.